The van der Waals surface area contributed by atoms with Gasteiger partial charge in [-0.2, -0.15) is 5.26 Å². The van der Waals surface area contributed by atoms with Crippen LogP contribution in [-0.2, 0) is 0 Å². The Bertz CT molecular complexity index is 757. The molecule has 0 saturated heterocycles. The summed E-state index contributed by atoms with van der Waals surface area (Å²) in [7, 11) is 1.93. The van der Waals surface area contributed by atoms with Crippen LogP contribution in [0, 0.1) is 11.3 Å². The molecule has 0 radical (unpaired) electrons. The number of benzene rings is 2. The maximum atomic E-state index is 10.2. The molecule has 1 aliphatic rings. The van der Waals surface area contributed by atoms with E-state index in [4.69, 9.17) is 19.5 Å². The molecule has 2 aromatic carbocycles. The molecule has 0 saturated carbocycles. The zero-order chi connectivity index (χ0) is 18.4. The second kappa shape index (κ2) is 8.56. The lowest BCUT2D eigenvalue weighted by Crippen LogP contribution is -2.42. The largest absolute Gasteiger partial charge is 0.491 e. The van der Waals surface area contributed by atoms with Crippen LogP contribution < -0.4 is 14.2 Å². The Morgan fingerprint density at radius 2 is 1.96 bits per heavy atom. The second-order valence-corrected chi connectivity index (χ2v) is 6.32. The first-order valence-corrected chi connectivity index (χ1v) is 8.52. The first-order chi connectivity index (χ1) is 12.6. The number of aliphatic hydroxyl groups is 1. The van der Waals surface area contributed by atoms with E-state index < -0.39 is 6.10 Å². The average Bonchev–Trinajstić information content (AvgIpc) is 2.66. The number of hydrogen-bond donors (Lipinski definition) is 1. The van der Waals surface area contributed by atoms with Gasteiger partial charge in [0.15, 0.2) is 11.5 Å². The molecular formula is C20H22N2O4. The van der Waals surface area contributed by atoms with Crippen LogP contribution in [0.25, 0.3) is 0 Å². The van der Waals surface area contributed by atoms with Gasteiger partial charge in [-0.3, -0.25) is 4.90 Å². The lowest BCUT2D eigenvalue weighted by Gasteiger charge is -2.30. The van der Waals surface area contributed by atoms with Crippen molar-refractivity contribution in [1.29, 1.82) is 5.26 Å². The van der Waals surface area contributed by atoms with Gasteiger partial charge < -0.3 is 19.3 Å². The molecule has 0 aliphatic carbocycles. The molecule has 2 aromatic rings. The van der Waals surface area contributed by atoms with Gasteiger partial charge in [-0.25, -0.2) is 0 Å². The first-order valence-electron chi connectivity index (χ1n) is 8.52. The summed E-state index contributed by atoms with van der Waals surface area (Å²) in [5.41, 5.74) is 0.578. The Balaban J connectivity index is 1.41. The monoisotopic (exact) mass is 354 g/mol. The predicted octanol–water partition coefficient (Wildman–Crippen LogP) is 2.07. The van der Waals surface area contributed by atoms with Crippen molar-refractivity contribution in [2.45, 2.75) is 12.2 Å². The highest BCUT2D eigenvalue weighted by atomic mass is 16.6. The molecule has 0 aromatic heterocycles. The van der Waals surface area contributed by atoms with Crippen molar-refractivity contribution in [3.05, 3.63) is 54.1 Å². The Kier molecular flexibility index (Phi) is 5.95. The normalized spacial score (nSPS) is 16.8. The van der Waals surface area contributed by atoms with E-state index in [0.29, 0.717) is 31.0 Å². The minimum absolute atomic E-state index is 0.0819. The van der Waals surface area contributed by atoms with E-state index in [1.165, 1.54) is 0 Å². The molecule has 136 valence electrons. The van der Waals surface area contributed by atoms with Gasteiger partial charge in [0.25, 0.3) is 0 Å². The van der Waals surface area contributed by atoms with Crippen LogP contribution in [0.3, 0.4) is 0 Å². The molecule has 6 heteroatoms. The maximum Gasteiger partial charge on any atom is 0.161 e. The van der Waals surface area contributed by atoms with Crippen molar-refractivity contribution < 1.29 is 19.3 Å². The molecule has 0 spiro atoms. The molecule has 0 bridgehead atoms. The molecule has 26 heavy (non-hydrogen) atoms. The Morgan fingerprint density at radius 3 is 2.69 bits per heavy atom. The Morgan fingerprint density at radius 1 is 1.23 bits per heavy atom. The van der Waals surface area contributed by atoms with Crippen molar-refractivity contribution in [3.8, 4) is 23.3 Å². The number of aliphatic hydroxyl groups excluding tert-OH is 1. The number of ether oxygens (including phenoxy) is 3. The third-order valence-electron chi connectivity index (χ3n) is 4.03. The lowest BCUT2D eigenvalue weighted by atomic mass is 10.2. The highest BCUT2D eigenvalue weighted by molar-refractivity contribution is 5.40. The number of para-hydroxylation sites is 2. The molecule has 6 nitrogen and oxygen atoms in total. The van der Waals surface area contributed by atoms with Crippen LogP contribution in [0.5, 0.6) is 17.2 Å². The number of nitriles is 1. The highest BCUT2D eigenvalue weighted by Gasteiger charge is 2.22. The molecular weight excluding hydrogens is 332 g/mol. The van der Waals surface area contributed by atoms with Crippen molar-refractivity contribution in [1.82, 2.24) is 4.90 Å². The molecule has 2 atom stereocenters. The van der Waals surface area contributed by atoms with Gasteiger partial charge in [0.05, 0.1) is 11.6 Å². The zero-order valence-electron chi connectivity index (χ0n) is 14.7. The van der Waals surface area contributed by atoms with Crippen LogP contribution in [-0.4, -0.2) is 55.6 Å². The van der Waals surface area contributed by atoms with Crippen LogP contribution in [0.15, 0.2) is 48.5 Å². The fourth-order valence-corrected chi connectivity index (χ4v) is 2.81. The summed E-state index contributed by atoms with van der Waals surface area (Å²) < 4.78 is 17.2. The molecule has 1 heterocycles. The molecule has 2 unspecified atom stereocenters. The van der Waals surface area contributed by atoms with Crippen molar-refractivity contribution in [2.24, 2.45) is 0 Å². The van der Waals surface area contributed by atoms with Gasteiger partial charge in [-0.15, -0.1) is 0 Å². The van der Waals surface area contributed by atoms with Gasteiger partial charge in [0, 0.05) is 13.1 Å². The Hall–Kier alpha value is -2.75. The fraction of sp³-hybridized carbons (Fsp3) is 0.350. The van der Waals surface area contributed by atoms with E-state index in [1.54, 1.807) is 24.3 Å². The van der Waals surface area contributed by atoms with E-state index in [-0.39, 0.29) is 12.7 Å². The summed E-state index contributed by atoms with van der Waals surface area (Å²) in [4.78, 5) is 1.99. The SMILES string of the molecule is CN(CC(O)COc1ccc(C#N)cc1)CC1COc2ccccc2O1. The number of hydrogen-bond acceptors (Lipinski definition) is 6. The van der Waals surface area contributed by atoms with E-state index in [0.717, 1.165) is 11.5 Å². The molecule has 0 fully saturated rings. The summed E-state index contributed by atoms with van der Waals surface area (Å²) in [6.45, 7) is 1.76. The van der Waals surface area contributed by atoms with Crippen molar-refractivity contribution >= 4 is 0 Å². The minimum atomic E-state index is -0.632. The fourth-order valence-electron chi connectivity index (χ4n) is 2.81. The predicted molar refractivity (Wildman–Crippen MR) is 96.5 cm³/mol. The van der Waals surface area contributed by atoms with Gasteiger partial charge in [-0.1, -0.05) is 12.1 Å². The summed E-state index contributed by atoms with van der Waals surface area (Å²) in [6.07, 6.45) is -0.714. The third-order valence-corrected chi connectivity index (χ3v) is 4.03. The average molecular weight is 354 g/mol. The molecule has 3 rings (SSSR count). The standard InChI is InChI=1S/C20H22N2O4/c1-22(12-18-14-25-19-4-2-3-5-20(19)26-18)11-16(23)13-24-17-8-6-15(10-21)7-9-17/h2-9,16,18,23H,11-14H2,1H3. The smallest absolute Gasteiger partial charge is 0.161 e. The van der Waals surface area contributed by atoms with Gasteiger partial charge in [0.1, 0.15) is 31.2 Å². The topological polar surface area (TPSA) is 75.0 Å². The van der Waals surface area contributed by atoms with E-state index in [9.17, 15) is 5.11 Å². The van der Waals surface area contributed by atoms with Gasteiger partial charge in [-0.05, 0) is 43.4 Å². The van der Waals surface area contributed by atoms with Crippen LogP contribution in [0.4, 0.5) is 0 Å². The summed E-state index contributed by atoms with van der Waals surface area (Å²) in [5, 5.41) is 19.0. The van der Waals surface area contributed by atoms with Gasteiger partial charge in [0.2, 0.25) is 0 Å². The van der Waals surface area contributed by atoms with Gasteiger partial charge >= 0.3 is 0 Å². The number of fused-ring (bicyclic) bond motifs is 1. The highest BCUT2D eigenvalue weighted by Crippen LogP contribution is 2.30. The number of rotatable bonds is 7. The third kappa shape index (κ3) is 4.88. The number of nitrogens with zero attached hydrogens (tertiary/aromatic N) is 2. The molecule has 0 amide bonds. The van der Waals surface area contributed by atoms with Crippen LogP contribution in [0.1, 0.15) is 5.56 Å². The maximum absolute atomic E-state index is 10.2. The van der Waals surface area contributed by atoms with Crippen molar-refractivity contribution in [2.75, 3.05) is 33.4 Å². The summed E-state index contributed by atoms with van der Waals surface area (Å²) >= 11 is 0. The molecule has 1 aliphatic heterocycles. The van der Waals surface area contributed by atoms with E-state index >= 15 is 0 Å². The Labute approximate surface area is 153 Å². The zero-order valence-corrected chi connectivity index (χ0v) is 14.7. The summed E-state index contributed by atoms with van der Waals surface area (Å²) in [6, 6.07) is 16.5. The quantitative estimate of drug-likeness (QED) is 0.820. The van der Waals surface area contributed by atoms with Crippen LogP contribution >= 0.6 is 0 Å². The van der Waals surface area contributed by atoms with E-state index in [2.05, 4.69) is 6.07 Å². The van der Waals surface area contributed by atoms with Crippen LogP contribution in [0.2, 0.25) is 0 Å². The summed E-state index contributed by atoms with van der Waals surface area (Å²) in [5.74, 6) is 2.15. The minimum Gasteiger partial charge on any atom is -0.491 e. The first kappa shape index (κ1) is 18.1. The number of likely N-dealkylation sites (N-methyl/N-ethyl adjacent to an activating group) is 1. The second-order valence-electron chi connectivity index (χ2n) is 6.32. The van der Waals surface area contributed by atoms with E-state index in [1.807, 2.05) is 36.2 Å². The van der Waals surface area contributed by atoms with Crippen molar-refractivity contribution in [3.63, 3.8) is 0 Å². The lowest BCUT2D eigenvalue weighted by molar-refractivity contribution is 0.0374. The molecule has 1 N–H and O–H groups in total.